The first-order valence-electron chi connectivity index (χ1n) is 9.73. The van der Waals surface area contributed by atoms with Crippen LogP contribution < -0.4 is 18.9 Å². The summed E-state index contributed by atoms with van der Waals surface area (Å²) in [7, 11) is 4.69. The highest BCUT2D eigenvalue weighted by atomic mass is 19.1. The molecule has 1 aromatic heterocycles. The molecule has 1 heterocycles. The molecule has 0 fully saturated rings. The highest BCUT2D eigenvalue weighted by Gasteiger charge is 2.15. The molecule has 0 aliphatic carbocycles. The van der Waals surface area contributed by atoms with E-state index in [0.717, 1.165) is 5.56 Å². The van der Waals surface area contributed by atoms with Crippen molar-refractivity contribution in [1.29, 1.82) is 0 Å². The molecule has 32 heavy (non-hydrogen) atoms. The van der Waals surface area contributed by atoms with Crippen LogP contribution in [0.5, 0.6) is 23.0 Å². The van der Waals surface area contributed by atoms with Crippen LogP contribution in [0.15, 0.2) is 65.2 Å². The fourth-order valence-electron chi connectivity index (χ4n) is 3.09. The van der Waals surface area contributed by atoms with E-state index in [1.54, 1.807) is 57.7 Å². The van der Waals surface area contributed by atoms with Crippen molar-refractivity contribution in [2.75, 3.05) is 21.3 Å². The van der Waals surface area contributed by atoms with Gasteiger partial charge in [-0.25, -0.2) is 4.39 Å². The van der Waals surface area contributed by atoms with Gasteiger partial charge >= 0.3 is 0 Å². The zero-order chi connectivity index (χ0) is 22.5. The van der Waals surface area contributed by atoms with Crippen LogP contribution >= 0.6 is 0 Å². The Morgan fingerprint density at radius 2 is 1.38 bits per heavy atom. The Kier molecular flexibility index (Phi) is 6.21. The van der Waals surface area contributed by atoms with Gasteiger partial charge in [-0.15, -0.1) is 0 Å². The average Bonchev–Trinajstić information content (AvgIpc) is 3.33. The van der Waals surface area contributed by atoms with Crippen molar-refractivity contribution in [3.05, 3.63) is 72.0 Å². The van der Waals surface area contributed by atoms with Crippen molar-refractivity contribution in [2.24, 2.45) is 0 Å². The molecule has 4 rings (SSSR count). The molecule has 0 aliphatic rings. The molecule has 7 nitrogen and oxygen atoms in total. The maximum atomic E-state index is 13.1. The molecule has 8 heteroatoms. The van der Waals surface area contributed by atoms with Gasteiger partial charge in [0.05, 0.1) is 21.3 Å². The fourth-order valence-corrected chi connectivity index (χ4v) is 3.09. The van der Waals surface area contributed by atoms with Gasteiger partial charge in [-0.1, -0.05) is 17.3 Å². The van der Waals surface area contributed by atoms with Gasteiger partial charge in [-0.2, -0.15) is 4.98 Å². The van der Waals surface area contributed by atoms with Gasteiger partial charge in [0.25, 0.3) is 5.89 Å². The van der Waals surface area contributed by atoms with E-state index in [1.807, 2.05) is 12.1 Å². The molecule has 0 amide bonds. The number of rotatable bonds is 8. The number of hydrogen-bond acceptors (Lipinski definition) is 7. The molecule has 0 unspecified atom stereocenters. The molecular weight excluding hydrogens is 415 g/mol. The Morgan fingerprint density at radius 1 is 0.750 bits per heavy atom. The summed E-state index contributed by atoms with van der Waals surface area (Å²) in [5.74, 6) is 2.69. The molecule has 0 bridgehead atoms. The zero-order valence-electron chi connectivity index (χ0n) is 17.8. The molecule has 0 N–H and O–H groups in total. The SMILES string of the molecule is COc1ccc(-c2nc(-c3ccc(OCc4ccc(F)cc4)c(OC)c3)no2)cc1OC. The van der Waals surface area contributed by atoms with E-state index < -0.39 is 0 Å². The Labute approximate surface area is 184 Å². The smallest absolute Gasteiger partial charge is 0.258 e. The lowest BCUT2D eigenvalue weighted by Gasteiger charge is -2.11. The summed E-state index contributed by atoms with van der Waals surface area (Å²) < 4.78 is 40.4. The largest absolute Gasteiger partial charge is 0.493 e. The molecule has 0 aliphatic heterocycles. The van der Waals surface area contributed by atoms with Gasteiger partial charge in [0.2, 0.25) is 5.82 Å². The lowest BCUT2D eigenvalue weighted by Crippen LogP contribution is -1.98. The van der Waals surface area contributed by atoms with Crippen LogP contribution in [0.25, 0.3) is 22.8 Å². The van der Waals surface area contributed by atoms with Crippen molar-refractivity contribution in [1.82, 2.24) is 10.1 Å². The minimum atomic E-state index is -0.289. The van der Waals surface area contributed by atoms with E-state index in [2.05, 4.69) is 10.1 Å². The second-order valence-electron chi connectivity index (χ2n) is 6.77. The number of benzene rings is 3. The third-order valence-corrected chi connectivity index (χ3v) is 4.79. The molecule has 3 aromatic carbocycles. The van der Waals surface area contributed by atoms with E-state index in [-0.39, 0.29) is 12.4 Å². The predicted molar refractivity (Wildman–Crippen MR) is 116 cm³/mol. The second-order valence-corrected chi connectivity index (χ2v) is 6.77. The molecular formula is C24H21FN2O5. The van der Waals surface area contributed by atoms with Crippen molar-refractivity contribution >= 4 is 0 Å². The third kappa shape index (κ3) is 4.49. The molecule has 164 valence electrons. The zero-order valence-corrected chi connectivity index (χ0v) is 17.8. The predicted octanol–water partition coefficient (Wildman–Crippen LogP) is 5.15. The quantitative estimate of drug-likeness (QED) is 0.378. The fraction of sp³-hybridized carbons (Fsp3) is 0.167. The summed E-state index contributed by atoms with van der Waals surface area (Å²) >= 11 is 0. The van der Waals surface area contributed by atoms with E-state index in [1.165, 1.54) is 12.1 Å². The summed E-state index contributed by atoms with van der Waals surface area (Å²) in [6.45, 7) is 0.279. The van der Waals surface area contributed by atoms with Gasteiger partial charge < -0.3 is 23.5 Å². The van der Waals surface area contributed by atoms with Crippen LogP contribution in [-0.4, -0.2) is 31.5 Å². The normalized spacial score (nSPS) is 10.6. The van der Waals surface area contributed by atoms with Gasteiger partial charge in [0.1, 0.15) is 12.4 Å². The number of nitrogens with zero attached hydrogens (tertiary/aromatic N) is 2. The molecule has 0 saturated carbocycles. The van der Waals surface area contributed by atoms with E-state index in [0.29, 0.717) is 45.8 Å². The Hall–Kier alpha value is -4.07. The number of methoxy groups -OCH3 is 3. The standard InChI is InChI=1S/C24H21FN2O5/c1-28-19-10-7-17(13-21(19)29-2)24-26-23(27-32-24)16-6-11-20(22(12-16)30-3)31-14-15-4-8-18(25)9-5-15/h4-13H,14H2,1-3H3. The monoisotopic (exact) mass is 436 g/mol. The lowest BCUT2D eigenvalue weighted by molar-refractivity contribution is 0.284. The molecule has 0 spiro atoms. The van der Waals surface area contributed by atoms with Crippen molar-refractivity contribution in [2.45, 2.75) is 6.61 Å². The average molecular weight is 436 g/mol. The Balaban J connectivity index is 1.54. The van der Waals surface area contributed by atoms with Crippen LogP contribution in [0.1, 0.15) is 5.56 Å². The summed E-state index contributed by atoms with van der Waals surface area (Å²) in [5.41, 5.74) is 2.24. The Morgan fingerprint density at radius 3 is 2.09 bits per heavy atom. The first-order valence-corrected chi connectivity index (χ1v) is 9.73. The van der Waals surface area contributed by atoms with Gasteiger partial charge in [0, 0.05) is 11.1 Å². The number of hydrogen-bond donors (Lipinski definition) is 0. The lowest BCUT2D eigenvalue weighted by atomic mass is 10.1. The highest BCUT2D eigenvalue weighted by molar-refractivity contribution is 5.65. The first kappa shape index (κ1) is 21.2. The number of halogens is 1. The van der Waals surface area contributed by atoms with Crippen LogP contribution in [-0.2, 0) is 6.61 Å². The van der Waals surface area contributed by atoms with Gasteiger partial charge in [-0.3, -0.25) is 0 Å². The van der Waals surface area contributed by atoms with Crippen LogP contribution in [0.4, 0.5) is 4.39 Å². The Bertz CT molecular complexity index is 1210. The minimum Gasteiger partial charge on any atom is -0.493 e. The molecule has 4 aromatic rings. The van der Waals surface area contributed by atoms with Gasteiger partial charge in [-0.05, 0) is 54.1 Å². The van der Waals surface area contributed by atoms with E-state index >= 15 is 0 Å². The number of ether oxygens (including phenoxy) is 4. The topological polar surface area (TPSA) is 75.8 Å². The van der Waals surface area contributed by atoms with Crippen molar-refractivity contribution in [3.63, 3.8) is 0 Å². The van der Waals surface area contributed by atoms with Crippen molar-refractivity contribution < 1.29 is 27.9 Å². The van der Waals surface area contributed by atoms with Crippen LogP contribution in [0, 0.1) is 5.82 Å². The highest BCUT2D eigenvalue weighted by Crippen LogP contribution is 2.35. The molecule has 0 saturated heterocycles. The van der Waals surface area contributed by atoms with Gasteiger partial charge in [0.15, 0.2) is 23.0 Å². The van der Waals surface area contributed by atoms with Crippen LogP contribution in [0.3, 0.4) is 0 Å². The molecule has 0 radical (unpaired) electrons. The maximum absolute atomic E-state index is 13.1. The van der Waals surface area contributed by atoms with Crippen molar-refractivity contribution in [3.8, 4) is 45.8 Å². The maximum Gasteiger partial charge on any atom is 0.258 e. The van der Waals surface area contributed by atoms with Crippen LogP contribution in [0.2, 0.25) is 0 Å². The minimum absolute atomic E-state index is 0.279. The second kappa shape index (κ2) is 9.38. The number of aromatic nitrogens is 2. The third-order valence-electron chi connectivity index (χ3n) is 4.79. The first-order chi connectivity index (χ1) is 15.6. The summed E-state index contributed by atoms with van der Waals surface area (Å²) in [6.07, 6.45) is 0. The summed E-state index contributed by atoms with van der Waals surface area (Å²) in [4.78, 5) is 4.48. The summed E-state index contributed by atoms with van der Waals surface area (Å²) in [6, 6.07) is 16.8. The van der Waals surface area contributed by atoms with E-state index in [4.69, 9.17) is 23.5 Å². The molecule has 0 atom stereocenters. The summed E-state index contributed by atoms with van der Waals surface area (Å²) in [5, 5.41) is 4.08. The van der Waals surface area contributed by atoms with E-state index in [9.17, 15) is 4.39 Å².